The first-order chi connectivity index (χ1) is 9.01. The maximum absolute atomic E-state index is 12.2. The van der Waals surface area contributed by atoms with Gasteiger partial charge in [0.25, 0.3) is 0 Å². The second-order valence-corrected chi connectivity index (χ2v) is 5.12. The van der Waals surface area contributed by atoms with Crippen molar-refractivity contribution >= 4 is 17.5 Å². The van der Waals surface area contributed by atoms with Crippen molar-refractivity contribution in [3.8, 4) is 0 Å². The number of amides is 2. The van der Waals surface area contributed by atoms with Crippen LogP contribution < -0.4 is 16.8 Å². The van der Waals surface area contributed by atoms with E-state index in [0.29, 0.717) is 24.1 Å². The van der Waals surface area contributed by atoms with E-state index in [0.717, 1.165) is 12.8 Å². The summed E-state index contributed by atoms with van der Waals surface area (Å²) < 4.78 is 0. The highest BCUT2D eigenvalue weighted by molar-refractivity contribution is 5.99. The lowest BCUT2D eigenvalue weighted by Crippen LogP contribution is -2.48. The summed E-state index contributed by atoms with van der Waals surface area (Å²) in [7, 11) is 0. The Morgan fingerprint density at radius 3 is 2.47 bits per heavy atom. The van der Waals surface area contributed by atoms with Crippen molar-refractivity contribution in [1.29, 1.82) is 0 Å². The minimum atomic E-state index is -0.778. The lowest BCUT2D eigenvalue weighted by molar-refractivity contribution is -0.121. The highest BCUT2D eigenvalue weighted by Crippen LogP contribution is 2.29. The molecule has 0 bridgehead atoms. The average molecular weight is 261 g/mol. The molecule has 1 aromatic carbocycles. The van der Waals surface area contributed by atoms with Crippen LogP contribution in [0.4, 0.5) is 5.69 Å². The quantitative estimate of drug-likeness (QED) is 0.751. The number of carbonyl (C=O) groups excluding carboxylic acids is 2. The Labute approximate surface area is 112 Å². The summed E-state index contributed by atoms with van der Waals surface area (Å²) in [6.07, 6.45) is 3.47. The SMILES string of the molecule is NC(=O)Cc1ccccc1NC(=O)C1(N)CCCC1. The molecule has 0 aromatic heterocycles. The Bertz CT molecular complexity index is 493. The van der Waals surface area contributed by atoms with E-state index in [1.54, 1.807) is 18.2 Å². The Morgan fingerprint density at radius 1 is 1.21 bits per heavy atom. The predicted molar refractivity (Wildman–Crippen MR) is 73.4 cm³/mol. The van der Waals surface area contributed by atoms with Gasteiger partial charge in [0.2, 0.25) is 11.8 Å². The third kappa shape index (κ3) is 3.12. The van der Waals surface area contributed by atoms with Crippen LogP contribution >= 0.6 is 0 Å². The molecule has 1 fully saturated rings. The largest absolute Gasteiger partial charge is 0.369 e. The lowest BCUT2D eigenvalue weighted by atomic mass is 9.97. The number of carbonyl (C=O) groups is 2. The fourth-order valence-electron chi connectivity index (χ4n) is 2.46. The number of primary amides is 1. The van der Waals surface area contributed by atoms with Crippen LogP contribution in [0.15, 0.2) is 24.3 Å². The first-order valence-electron chi connectivity index (χ1n) is 6.48. The molecule has 0 spiro atoms. The molecule has 5 N–H and O–H groups in total. The molecule has 1 saturated carbocycles. The van der Waals surface area contributed by atoms with Gasteiger partial charge in [-0.15, -0.1) is 0 Å². The standard InChI is InChI=1S/C14H19N3O2/c15-12(18)9-10-5-1-2-6-11(10)17-13(19)14(16)7-3-4-8-14/h1-2,5-6H,3-4,7-9,16H2,(H2,15,18)(H,17,19). The zero-order chi connectivity index (χ0) is 13.9. The molecule has 0 atom stereocenters. The van der Waals surface area contributed by atoms with Gasteiger partial charge in [-0.25, -0.2) is 0 Å². The summed E-state index contributed by atoms with van der Waals surface area (Å²) >= 11 is 0. The number of rotatable bonds is 4. The van der Waals surface area contributed by atoms with Crippen LogP contribution in [0.2, 0.25) is 0 Å². The van der Waals surface area contributed by atoms with Crippen molar-refractivity contribution in [3.63, 3.8) is 0 Å². The minimum Gasteiger partial charge on any atom is -0.369 e. The molecule has 0 heterocycles. The van der Waals surface area contributed by atoms with Gasteiger partial charge in [-0.05, 0) is 24.5 Å². The van der Waals surface area contributed by atoms with E-state index in [9.17, 15) is 9.59 Å². The van der Waals surface area contributed by atoms with Gasteiger partial charge in [-0.1, -0.05) is 31.0 Å². The maximum atomic E-state index is 12.2. The zero-order valence-electron chi connectivity index (χ0n) is 10.8. The van der Waals surface area contributed by atoms with Crippen molar-refractivity contribution in [2.24, 2.45) is 11.5 Å². The van der Waals surface area contributed by atoms with E-state index in [4.69, 9.17) is 11.5 Å². The average Bonchev–Trinajstić information content (AvgIpc) is 2.79. The molecule has 2 amide bonds. The molecule has 0 radical (unpaired) electrons. The van der Waals surface area contributed by atoms with E-state index in [-0.39, 0.29) is 12.3 Å². The number of nitrogens with two attached hydrogens (primary N) is 2. The second kappa shape index (κ2) is 5.40. The number of nitrogens with one attached hydrogen (secondary N) is 1. The van der Waals surface area contributed by atoms with Gasteiger partial charge in [0.1, 0.15) is 0 Å². The van der Waals surface area contributed by atoms with Gasteiger partial charge in [-0.3, -0.25) is 9.59 Å². The number of hydrogen-bond acceptors (Lipinski definition) is 3. The summed E-state index contributed by atoms with van der Waals surface area (Å²) in [4.78, 5) is 23.2. The highest BCUT2D eigenvalue weighted by Gasteiger charge is 2.37. The van der Waals surface area contributed by atoms with Gasteiger partial charge in [0.15, 0.2) is 0 Å². The van der Waals surface area contributed by atoms with Crippen molar-refractivity contribution in [2.75, 3.05) is 5.32 Å². The second-order valence-electron chi connectivity index (χ2n) is 5.12. The van der Waals surface area contributed by atoms with E-state index < -0.39 is 11.4 Å². The first-order valence-corrected chi connectivity index (χ1v) is 6.48. The Balaban J connectivity index is 2.14. The summed E-state index contributed by atoms with van der Waals surface area (Å²) in [5.74, 6) is -0.605. The molecular weight excluding hydrogens is 242 g/mol. The fraction of sp³-hybridized carbons (Fsp3) is 0.429. The fourth-order valence-corrected chi connectivity index (χ4v) is 2.46. The normalized spacial score (nSPS) is 17.1. The molecule has 0 saturated heterocycles. The molecule has 0 unspecified atom stereocenters. The lowest BCUT2D eigenvalue weighted by Gasteiger charge is -2.23. The van der Waals surface area contributed by atoms with Crippen molar-refractivity contribution in [1.82, 2.24) is 0 Å². The van der Waals surface area contributed by atoms with Crippen molar-refractivity contribution in [2.45, 2.75) is 37.6 Å². The van der Waals surface area contributed by atoms with Gasteiger partial charge in [0.05, 0.1) is 12.0 Å². The number of benzene rings is 1. The van der Waals surface area contributed by atoms with Crippen LogP contribution in [0.25, 0.3) is 0 Å². The molecule has 1 aliphatic carbocycles. The van der Waals surface area contributed by atoms with Crippen LogP contribution in [0.5, 0.6) is 0 Å². The van der Waals surface area contributed by atoms with Crippen LogP contribution in [-0.2, 0) is 16.0 Å². The summed E-state index contributed by atoms with van der Waals surface area (Å²) in [6.45, 7) is 0. The maximum Gasteiger partial charge on any atom is 0.244 e. The predicted octanol–water partition coefficient (Wildman–Crippen LogP) is 0.924. The Kier molecular flexibility index (Phi) is 3.85. The number of hydrogen-bond donors (Lipinski definition) is 3. The minimum absolute atomic E-state index is 0.105. The third-order valence-corrected chi connectivity index (χ3v) is 3.58. The van der Waals surface area contributed by atoms with E-state index in [2.05, 4.69) is 5.32 Å². The van der Waals surface area contributed by atoms with Gasteiger partial charge >= 0.3 is 0 Å². The monoisotopic (exact) mass is 261 g/mol. The molecule has 5 nitrogen and oxygen atoms in total. The van der Waals surface area contributed by atoms with Crippen LogP contribution in [0.3, 0.4) is 0 Å². The Morgan fingerprint density at radius 2 is 1.84 bits per heavy atom. The van der Waals surface area contributed by atoms with E-state index >= 15 is 0 Å². The molecule has 102 valence electrons. The molecular formula is C14H19N3O2. The smallest absolute Gasteiger partial charge is 0.244 e. The molecule has 1 aliphatic rings. The van der Waals surface area contributed by atoms with E-state index in [1.165, 1.54) is 0 Å². The summed E-state index contributed by atoms with van der Waals surface area (Å²) in [5.41, 5.74) is 11.8. The Hall–Kier alpha value is -1.88. The number of anilines is 1. The topological polar surface area (TPSA) is 98.2 Å². The van der Waals surface area contributed by atoms with Crippen molar-refractivity contribution in [3.05, 3.63) is 29.8 Å². The molecule has 0 aliphatic heterocycles. The van der Waals surface area contributed by atoms with Gasteiger partial charge in [-0.2, -0.15) is 0 Å². The van der Waals surface area contributed by atoms with Crippen LogP contribution in [-0.4, -0.2) is 17.4 Å². The van der Waals surface area contributed by atoms with E-state index in [1.807, 2.05) is 6.07 Å². The summed E-state index contributed by atoms with van der Waals surface area (Å²) in [5, 5.41) is 2.83. The van der Waals surface area contributed by atoms with Gasteiger partial charge < -0.3 is 16.8 Å². The van der Waals surface area contributed by atoms with Gasteiger partial charge in [0, 0.05) is 5.69 Å². The molecule has 5 heteroatoms. The molecule has 1 aromatic rings. The van der Waals surface area contributed by atoms with Crippen LogP contribution in [0.1, 0.15) is 31.2 Å². The van der Waals surface area contributed by atoms with Crippen molar-refractivity contribution < 1.29 is 9.59 Å². The molecule has 2 rings (SSSR count). The van der Waals surface area contributed by atoms with Crippen LogP contribution in [0, 0.1) is 0 Å². The first kappa shape index (κ1) is 13.5. The highest BCUT2D eigenvalue weighted by atomic mass is 16.2. The third-order valence-electron chi connectivity index (χ3n) is 3.58. The molecule has 19 heavy (non-hydrogen) atoms. The zero-order valence-corrected chi connectivity index (χ0v) is 10.8. The number of para-hydroxylation sites is 1. The summed E-state index contributed by atoms with van der Waals surface area (Å²) in [6, 6.07) is 7.15.